The van der Waals surface area contributed by atoms with Gasteiger partial charge in [0.2, 0.25) is 0 Å². The predicted molar refractivity (Wildman–Crippen MR) is 78.1 cm³/mol. The molecule has 0 saturated heterocycles. The lowest BCUT2D eigenvalue weighted by Crippen LogP contribution is -2.30. The number of carbonyl (C=O) groups excluding carboxylic acids is 1. The zero-order chi connectivity index (χ0) is 15.0. The van der Waals surface area contributed by atoms with E-state index in [1.54, 1.807) is 0 Å². The van der Waals surface area contributed by atoms with E-state index in [-0.39, 0.29) is 11.9 Å². The second kappa shape index (κ2) is 8.76. The molecule has 1 heterocycles. The molecular formula is C15H26N2O3. The number of nitrogens with one attached hydrogen (secondary N) is 1. The number of hydrazine groups is 1. The van der Waals surface area contributed by atoms with E-state index < -0.39 is 5.91 Å². The van der Waals surface area contributed by atoms with Crippen LogP contribution in [-0.2, 0) is 11.3 Å². The fourth-order valence-electron chi connectivity index (χ4n) is 2.08. The zero-order valence-corrected chi connectivity index (χ0v) is 12.7. The Kier molecular flexibility index (Phi) is 7.33. The first kappa shape index (κ1) is 16.7. The van der Waals surface area contributed by atoms with E-state index in [2.05, 4.69) is 19.3 Å². The monoisotopic (exact) mass is 282 g/mol. The molecular weight excluding hydrogens is 256 g/mol. The van der Waals surface area contributed by atoms with Crippen LogP contribution in [0.4, 0.5) is 0 Å². The maximum atomic E-state index is 11.4. The van der Waals surface area contributed by atoms with Crippen LogP contribution in [0, 0.1) is 6.92 Å². The van der Waals surface area contributed by atoms with Gasteiger partial charge in [0.1, 0.15) is 12.4 Å². The SMILES string of the molecule is CCCCCCC(C)OCc1cc(C)c(C(=O)NN)o1. The molecule has 0 aromatic carbocycles. The number of nitrogens with two attached hydrogens (primary N) is 1. The summed E-state index contributed by atoms with van der Waals surface area (Å²) in [5.41, 5.74) is 2.83. The highest BCUT2D eigenvalue weighted by Gasteiger charge is 2.15. The third-order valence-electron chi connectivity index (χ3n) is 3.28. The van der Waals surface area contributed by atoms with Crippen LogP contribution in [0.3, 0.4) is 0 Å². The van der Waals surface area contributed by atoms with Gasteiger partial charge < -0.3 is 9.15 Å². The normalized spacial score (nSPS) is 12.4. The van der Waals surface area contributed by atoms with Crippen molar-refractivity contribution in [2.45, 2.75) is 65.6 Å². The summed E-state index contributed by atoms with van der Waals surface area (Å²) >= 11 is 0. The largest absolute Gasteiger partial charge is 0.453 e. The number of amides is 1. The number of hydrogen-bond donors (Lipinski definition) is 2. The van der Waals surface area contributed by atoms with Gasteiger partial charge in [0.15, 0.2) is 5.76 Å². The molecule has 0 fully saturated rings. The molecule has 5 nitrogen and oxygen atoms in total. The number of unbranched alkanes of at least 4 members (excludes halogenated alkanes) is 3. The summed E-state index contributed by atoms with van der Waals surface area (Å²) in [6.45, 7) is 6.46. The van der Waals surface area contributed by atoms with Crippen LogP contribution in [0.5, 0.6) is 0 Å². The Balaban J connectivity index is 2.36. The van der Waals surface area contributed by atoms with Gasteiger partial charge >= 0.3 is 5.91 Å². The van der Waals surface area contributed by atoms with Crippen LogP contribution in [0.1, 0.15) is 67.8 Å². The molecule has 0 aliphatic rings. The summed E-state index contributed by atoms with van der Waals surface area (Å²) in [7, 11) is 0. The molecule has 114 valence electrons. The molecule has 1 atom stereocenters. The van der Waals surface area contributed by atoms with Crippen molar-refractivity contribution in [3.05, 3.63) is 23.2 Å². The molecule has 1 aromatic heterocycles. The van der Waals surface area contributed by atoms with Crippen LogP contribution >= 0.6 is 0 Å². The van der Waals surface area contributed by atoms with Gasteiger partial charge in [0, 0.05) is 5.56 Å². The van der Waals surface area contributed by atoms with Crippen molar-refractivity contribution in [1.82, 2.24) is 5.43 Å². The molecule has 5 heteroatoms. The molecule has 0 aliphatic heterocycles. The Morgan fingerprint density at radius 1 is 1.45 bits per heavy atom. The Hall–Kier alpha value is -1.33. The van der Waals surface area contributed by atoms with E-state index in [9.17, 15) is 4.79 Å². The van der Waals surface area contributed by atoms with Crippen molar-refractivity contribution >= 4 is 5.91 Å². The number of ether oxygens (including phenoxy) is 1. The minimum absolute atomic E-state index is 0.198. The summed E-state index contributed by atoms with van der Waals surface area (Å²) in [5.74, 6) is 5.58. The highest BCUT2D eigenvalue weighted by Crippen LogP contribution is 2.17. The highest BCUT2D eigenvalue weighted by molar-refractivity contribution is 5.92. The smallest absolute Gasteiger partial charge is 0.301 e. The quantitative estimate of drug-likeness (QED) is 0.316. The summed E-state index contributed by atoms with van der Waals surface area (Å²) < 4.78 is 11.2. The molecule has 1 unspecified atom stereocenters. The highest BCUT2D eigenvalue weighted by atomic mass is 16.5. The Labute approximate surface area is 120 Å². The van der Waals surface area contributed by atoms with Crippen molar-refractivity contribution in [3.8, 4) is 0 Å². The van der Waals surface area contributed by atoms with Crippen molar-refractivity contribution < 1.29 is 13.9 Å². The fourth-order valence-corrected chi connectivity index (χ4v) is 2.08. The lowest BCUT2D eigenvalue weighted by molar-refractivity contribution is 0.0354. The van der Waals surface area contributed by atoms with E-state index in [0.717, 1.165) is 12.0 Å². The molecule has 3 N–H and O–H groups in total. The number of nitrogen functional groups attached to an aromatic ring is 1. The van der Waals surface area contributed by atoms with Gasteiger partial charge in [-0.25, -0.2) is 5.84 Å². The average Bonchev–Trinajstić information content (AvgIpc) is 2.81. The van der Waals surface area contributed by atoms with Gasteiger partial charge in [0.05, 0.1) is 6.10 Å². The summed E-state index contributed by atoms with van der Waals surface area (Å²) in [6.07, 6.45) is 6.21. The molecule has 1 rings (SSSR count). The summed E-state index contributed by atoms with van der Waals surface area (Å²) in [6, 6.07) is 1.81. The maximum absolute atomic E-state index is 11.4. The second-order valence-corrected chi connectivity index (χ2v) is 5.17. The Morgan fingerprint density at radius 3 is 2.85 bits per heavy atom. The minimum atomic E-state index is -0.415. The van der Waals surface area contributed by atoms with Crippen LogP contribution in [0.25, 0.3) is 0 Å². The van der Waals surface area contributed by atoms with Crippen molar-refractivity contribution in [2.75, 3.05) is 0 Å². The van der Waals surface area contributed by atoms with Gasteiger partial charge in [-0.3, -0.25) is 10.2 Å². The van der Waals surface area contributed by atoms with E-state index in [0.29, 0.717) is 12.4 Å². The number of carbonyl (C=O) groups is 1. The molecule has 1 amide bonds. The lowest BCUT2D eigenvalue weighted by atomic mass is 10.1. The van der Waals surface area contributed by atoms with Crippen molar-refractivity contribution in [3.63, 3.8) is 0 Å². The molecule has 20 heavy (non-hydrogen) atoms. The molecule has 1 aromatic rings. The first-order chi connectivity index (χ1) is 9.58. The van der Waals surface area contributed by atoms with Gasteiger partial charge in [-0.2, -0.15) is 0 Å². The second-order valence-electron chi connectivity index (χ2n) is 5.17. The fraction of sp³-hybridized carbons (Fsp3) is 0.667. The topological polar surface area (TPSA) is 77.5 Å². The number of hydrogen-bond acceptors (Lipinski definition) is 4. The third-order valence-corrected chi connectivity index (χ3v) is 3.28. The summed E-state index contributed by atoms with van der Waals surface area (Å²) in [5, 5.41) is 0. The molecule has 0 radical (unpaired) electrons. The van der Waals surface area contributed by atoms with E-state index in [4.69, 9.17) is 15.0 Å². The van der Waals surface area contributed by atoms with Gasteiger partial charge in [0.25, 0.3) is 0 Å². The summed E-state index contributed by atoms with van der Waals surface area (Å²) in [4.78, 5) is 11.4. The van der Waals surface area contributed by atoms with E-state index in [1.807, 2.05) is 13.0 Å². The van der Waals surface area contributed by atoms with E-state index in [1.165, 1.54) is 25.7 Å². The molecule has 0 aliphatic carbocycles. The first-order valence-electron chi connectivity index (χ1n) is 7.30. The first-order valence-corrected chi connectivity index (χ1v) is 7.30. The van der Waals surface area contributed by atoms with Gasteiger partial charge in [-0.1, -0.05) is 32.6 Å². The number of aryl methyl sites for hydroxylation is 1. The number of rotatable bonds is 9. The van der Waals surface area contributed by atoms with Crippen LogP contribution < -0.4 is 11.3 Å². The van der Waals surface area contributed by atoms with Crippen molar-refractivity contribution in [2.24, 2.45) is 5.84 Å². The Morgan fingerprint density at radius 2 is 2.20 bits per heavy atom. The maximum Gasteiger partial charge on any atom is 0.301 e. The average molecular weight is 282 g/mol. The molecule has 0 saturated carbocycles. The van der Waals surface area contributed by atoms with Crippen LogP contribution in [0.2, 0.25) is 0 Å². The van der Waals surface area contributed by atoms with Crippen LogP contribution in [-0.4, -0.2) is 12.0 Å². The predicted octanol–water partition coefficient (Wildman–Crippen LogP) is 3.07. The van der Waals surface area contributed by atoms with Gasteiger partial charge in [-0.15, -0.1) is 0 Å². The third kappa shape index (κ3) is 5.35. The Bertz CT molecular complexity index is 415. The standard InChI is InChI=1S/C15H26N2O3/c1-4-5-6-7-8-12(3)19-10-13-9-11(2)14(20-13)15(18)17-16/h9,12H,4-8,10,16H2,1-3H3,(H,17,18). The lowest BCUT2D eigenvalue weighted by Gasteiger charge is -2.11. The number of furan rings is 1. The van der Waals surface area contributed by atoms with Gasteiger partial charge in [-0.05, 0) is 26.3 Å². The zero-order valence-electron chi connectivity index (χ0n) is 12.7. The van der Waals surface area contributed by atoms with Crippen LogP contribution in [0.15, 0.2) is 10.5 Å². The van der Waals surface area contributed by atoms with E-state index >= 15 is 0 Å². The minimum Gasteiger partial charge on any atom is -0.453 e. The van der Waals surface area contributed by atoms with Crippen molar-refractivity contribution in [1.29, 1.82) is 0 Å². The molecule has 0 spiro atoms. The molecule has 0 bridgehead atoms.